The average molecular weight is 385 g/mol. The van der Waals surface area contributed by atoms with Gasteiger partial charge in [-0.15, -0.1) is 0 Å². The van der Waals surface area contributed by atoms with Crippen molar-refractivity contribution in [2.45, 2.75) is 59.2 Å². The number of benzene rings is 1. The molecular weight excluding hydrogens is 356 g/mol. The summed E-state index contributed by atoms with van der Waals surface area (Å²) in [6.45, 7) is 12.7. The van der Waals surface area contributed by atoms with Gasteiger partial charge in [0.05, 0.1) is 22.1 Å². The fraction of sp³-hybridized carbons (Fsp3) is 0.476. The number of rotatable bonds is 6. The van der Waals surface area contributed by atoms with Crippen molar-refractivity contribution < 1.29 is 0 Å². The van der Waals surface area contributed by atoms with Crippen LogP contribution in [0.2, 0.25) is 0 Å². The number of fused-ring (bicyclic) bond motifs is 2. The van der Waals surface area contributed by atoms with E-state index in [0.29, 0.717) is 24.1 Å². The van der Waals surface area contributed by atoms with E-state index in [1.54, 1.807) is 11.8 Å². The lowest BCUT2D eigenvalue weighted by molar-refractivity contribution is 0.567. The average Bonchev–Trinajstić information content (AvgIpc) is 2.90. The van der Waals surface area contributed by atoms with E-state index in [4.69, 9.17) is 4.98 Å². The Balaban J connectivity index is 2.14. The summed E-state index contributed by atoms with van der Waals surface area (Å²) in [5.74, 6) is 1.28. The minimum absolute atomic E-state index is 0.100. The largest absolute Gasteiger partial charge is 0.319 e. The molecule has 0 unspecified atom stereocenters. The van der Waals surface area contributed by atoms with Crippen LogP contribution in [0.4, 0.5) is 0 Å². The second-order valence-corrected chi connectivity index (χ2v) is 8.91. The van der Waals surface area contributed by atoms with E-state index in [1.807, 2.05) is 6.07 Å². The summed E-state index contributed by atoms with van der Waals surface area (Å²) in [5, 5.41) is 0.998. The van der Waals surface area contributed by atoms with Crippen LogP contribution in [0.15, 0.2) is 33.7 Å². The van der Waals surface area contributed by atoms with E-state index in [2.05, 4.69) is 68.2 Å². The zero-order valence-electron chi connectivity index (χ0n) is 17.0. The summed E-state index contributed by atoms with van der Waals surface area (Å²) >= 11 is 1.73. The smallest absolute Gasteiger partial charge is 0.270 e. The first kappa shape index (κ1) is 19.7. The van der Waals surface area contributed by atoms with Crippen molar-refractivity contribution in [3.63, 3.8) is 0 Å². The molecule has 0 bridgehead atoms. The summed E-state index contributed by atoms with van der Waals surface area (Å²) in [6, 6.07) is 4.30. The maximum atomic E-state index is 12.3. The quantitative estimate of drug-likeness (QED) is 0.474. The predicted octanol–water partition coefficient (Wildman–Crippen LogP) is 5.11. The molecule has 144 valence electrons. The maximum Gasteiger partial charge on any atom is 0.270 e. The van der Waals surface area contributed by atoms with Gasteiger partial charge in [0, 0.05) is 11.8 Å². The normalized spacial score (nSPS) is 11.9. The standard InChI is InChI=1S/C21H28N4OS/c1-12(2)7-8-27-21-24-17-10-15-16(11-19(17)25(21)14(5)6)22-18(9-13(3)4)20(26)23-15/h7,10-11,13-14H,8-9H2,1-6H3,(H,23,26). The van der Waals surface area contributed by atoms with Crippen LogP contribution in [0, 0.1) is 5.92 Å². The van der Waals surface area contributed by atoms with E-state index >= 15 is 0 Å². The number of imidazole rings is 1. The van der Waals surface area contributed by atoms with Crippen molar-refractivity contribution in [2.24, 2.45) is 5.92 Å². The molecule has 0 aliphatic carbocycles. The number of nitrogens with zero attached hydrogens (tertiary/aromatic N) is 3. The molecule has 0 fully saturated rings. The molecule has 0 atom stereocenters. The number of aromatic amines is 1. The fourth-order valence-corrected chi connectivity index (χ4v) is 4.28. The maximum absolute atomic E-state index is 12.3. The minimum Gasteiger partial charge on any atom is -0.319 e. The van der Waals surface area contributed by atoms with Gasteiger partial charge in [0.25, 0.3) is 5.56 Å². The summed E-state index contributed by atoms with van der Waals surface area (Å²) in [6.07, 6.45) is 2.89. The molecule has 0 spiro atoms. The van der Waals surface area contributed by atoms with Gasteiger partial charge in [-0.05, 0) is 52.2 Å². The molecule has 3 rings (SSSR count). The summed E-state index contributed by atoms with van der Waals surface area (Å²) in [7, 11) is 0. The highest BCUT2D eigenvalue weighted by atomic mass is 32.2. The lowest BCUT2D eigenvalue weighted by Crippen LogP contribution is -2.17. The molecule has 1 aromatic carbocycles. The molecule has 0 saturated heterocycles. The molecule has 0 radical (unpaired) electrons. The van der Waals surface area contributed by atoms with Crippen molar-refractivity contribution in [1.29, 1.82) is 0 Å². The highest BCUT2D eigenvalue weighted by molar-refractivity contribution is 7.99. The first-order chi connectivity index (χ1) is 12.8. The molecular formula is C21H28N4OS. The third-order valence-corrected chi connectivity index (χ3v) is 5.24. The first-order valence-corrected chi connectivity index (χ1v) is 10.5. The van der Waals surface area contributed by atoms with Crippen LogP contribution >= 0.6 is 11.8 Å². The van der Waals surface area contributed by atoms with E-state index < -0.39 is 0 Å². The second-order valence-electron chi connectivity index (χ2n) is 7.92. The van der Waals surface area contributed by atoms with Crippen LogP contribution in [0.25, 0.3) is 22.1 Å². The van der Waals surface area contributed by atoms with Crippen LogP contribution in [0.1, 0.15) is 53.3 Å². The van der Waals surface area contributed by atoms with Gasteiger partial charge in [0.1, 0.15) is 5.69 Å². The number of nitrogens with one attached hydrogen (secondary N) is 1. The Bertz CT molecular complexity index is 1060. The van der Waals surface area contributed by atoms with E-state index in [9.17, 15) is 4.79 Å². The van der Waals surface area contributed by atoms with E-state index in [0.717, 1.165) is 33.0 Å². The predicted molar refractivity (Wildman–Crippen MR) is 115 cm³/mol. The summed E-state index contributed by atoms with van der Waals surface area (Å²) in [4.78, 5) is 24.8. The van der Waals surface area contributed by atoms with E-state index in [1.165, 1.54) is 5.57 Å². The Hall–Kier alpha value is -2.08. The first-order valence-electron chi connectivity index (χ1n) is 9.47. The third kappa shape index (κ3) is 4.26. The second kappa shape index (κ2) is 7.89. The zero-order valence-corrected chi connectivity index (χ0v) is 17.8. The fourth-order valence-electron chi connectivity index (χ4n) is 3.10. The number of H-pyrrole nitrogens is 1. The molecule has 5 nitrogen and oxygen atoms in total. The van der Waals surface area contributed by atoms with Crippen LogP contribution in [-0.4, -0.2) is 25.3 Å². The Morgan fingerprint density at radius 3 is 2.56 bits per heavy atom. The van der Waals surface area contributed by atoms with Crippen molar-refractivity contribution in [1.82, 2.24) is 19.5 Å². The molecule has 6 heteroatoms. The van der Waals surface area contributed by atoms with Crippen molar-refractivity contribution in [3.8, 4) is 0 Å². The number of hydrogen-bond donors (Lipinski definition) is 1. The molecule has 1 N–H and O–H groups in total. The van der Waals surface area contributed by atoms with Gasteiger partial charge in [-0.3, -0.25) is 4.79 Å². The summed E-state index contributed by atoms with van der Waals surface area (Å²) < 4.78 is 2.26. The van der Waals surface area contributed by atoms with Crippen LogP contribution in [0.3, 0.4) is 0 Å². The highest BCUT2D eigenvalue weighted by Crippen LogP contribution is 2.30. The Morgan fingerprint density at radius 1 is 1.19 bits per heavy atom. The molecule has 0 aliphatic rings. The van der Waals surface area contributed by atoms with Gasteiger partial charge < -0.3 is 9.55 Å². The zero-order chi connectivity index (χ0) is 19.7. The Morgan fingerprint density at radius 2 is 1.93 bits per heavy atom. The van der Waals surface area contributed by atoms with Gasteiger partial charge in [0.15, 0.2) is 5.16 Å². The molecule has 0 amide bonds. The minimum atomic E-state index is -0.100. The molecule has 0 saturated carbocycles. The SMILES string of the molecule is CC(C)=CCSc1nc2cc3[nH]c(=O)c(CC(C)C)nc3cc2n1C(C)C. The van der Waals surface area contributed by atoms with E-state index in [-0.39, 0.29) is 5.56 Å². The number of allylic oxidation sites excluding steroid dienone is 1. The third-order valence-electron chi connectivity index (χ3n) is 4.36. The highest BCUT2D eigenvalue weighted by Gasteiger charge is 2.16. The molecule has 2 aromatic heterocycles. The van der Waals surface area contributed by atoms with Gasteiger partial charge >= 0.3 is 0 Å². The van der Waals surface area contributed by atoms with Crippen molar-refractivity contribution in [2.75, 3.05) is 5.75 Å². The monoisotopic (exact) mass is 384 g/mol. The molecule has 2 heterocycles. The molecule has 0 aliphatic heterocycles. The van der Waals surface area contributed by atoms with Crippen LogP contribution in [0.5, 0.6) is 0 Å². The number of hydrogen-bond acceptors (Lipinski definition) is 4. The van der Waals surface area contributed by atoms with Crippen molar-refractivity contribution >= 4 is 33.8 Å². The lowest BCUT2D eigenvalue weighted by atomic mass is 10.1. The number of aromatic nitrogens is 4. The molecule has 3 aromatic rings. The van der Waals surface area contributed by atoms with Crippen molar-refractivity contribution in [3.05, 3.63) is 39.8 Å². The Kier molecular flexibility index (Phi) is 5.75. The van der Waals surface area contributed by atoms with Gasteiger partial charge in [-0.25, -0.2) is 9.97 Å². The van der Waals surface area contributed by atoms with Gasteiger partial charge in [-0.1, -0.05) is 37.3 Å². The lowest BCUT2D eigenvalue weighted by Gasteiger charge is -2.12. The van der Waals surface area contributed by atoms with Crippen LogP contribution in [-0.2, 0) is 6.42 Å². The summed E-state index contributed by atoms with van der Waals surface area (Å²) in [5.41, 5.74) is 5.33. The number of thioether (sulfide) groups is 1. The van der Waals surface area contributed by atoms with Crippen LogP contribution < -0.4 is 5.56 Å². The Labute approximate surface area is 164 Å². The van der Waals surface area contributed by atoms with Gasteiger partial charge in [0.2, 0.25) is 0 Å². The van der Waals surface area contributed by atoms with Gasteiger partial charge in [-0.2, -0.15) is 0 Å². The molecule has 27 heavy (non-hydrogen) atoms. The topological polar surface area (TPSA) is 63.6 Å².